The molecule has 124 valence electrons. The molecule has 0 radical (unpaired) electrons. The van der Waals surface area contributed by atoms with E-state index < -0.39 is 17.6 Å². The molecule has 7 heteroatoms. The van der Waals surface area contributed by atoms with Crippen molar-refractivity contribution in [3.63, 3.8) is 0 Å². The van der Waals surface area contributed by atoms with Gasteiger partial charge in [0.25, 0.3) is 0 Å². The zero-order chi connectivity index (χ0) is 17.3. The van der Waals surface area contributed by atoms with Crippen molar-refractivity contribution >= 4 is 50.7 Å². The van der Waals surface area contributed by atoms with Gasteiger partial charge in [-0.2, -0.15) is 0 Å². The Morgan fingerprint density at radius 2 is 2.08 bits per heavy atom. The molecule has 2 aromatic rings. The van der Waals surface area contributed by atoms with Gasteiger partial charge < -0.3 is 10.2 Å². The lowest BCUT2D eigenvalue weighted by Crippen LogP contribution is -2.28. The normalized spacial score (nSPS) is 17.2. The van der Waals surface area contributed by atoms with Crippen molar-refractivity contribution in [3.8, 4) is 0 Å². The van der Waals surface area contributed by atoms with Crippen LogP contribution in [0.3, 0.4) is 0 Å². The van der Waals surface area contributed by atoms with Gasteiger partial charge >= 0.3 is 0 Å². The quantitative estimate of drug-likeness (QED) is 0.821. The summed E-state index contributed by atoms with van der Waals surface area (Å²) in [6.45, 7) is 0.253. The van der Waals surface area contributed by atoms with Crippen LogP contribution in [0.5, 0.6) is 0 Å². The van der Waals surface area contributed by atoms with Crippen LogP contribution in [-0.4, -0.2) is 18.4 Å². The number of nitrogens with one attached hydrogen (secondary N) is 1. The highest BCUT2D eigenvalue weighted by atomic mass is 79.9. The van der Waals surface area contributed by atoms with E-state index in [4.69, 9.17) is 11.6 Å². The van der Waals surface area contributed by atoms with Crippen molar-refractivity contribution < 1.29 is 14.0 Å². The monoisotopic (exact) mass is 410 g/mol. The third-order valence-corrected chi connectivity index (χ3v) is 4.53. The first-order valence-corrected chi connectivity index (χ1v) is 8.43. The number of carbonyl (C=O) groups is 2. The van der Waals surface area contributed by atoms with Crippen molar-refractivity contribution in [3.05, 3.63) is 57.8 Å². The van der Waals surface area contributed by atoms with Gasteiger partial charge in [-0.25, -0.2) is 4.39 Å². The zero-order valence-electron chi connectivity index (χ0n) is 12.4. The Morgan fingerprint density at radius 1 is 1.29 bits per heavy atom. The highest BCUT2D eigenvalue weighted by Crippen LogP contribution is 2.28. The molecule has 1 fully saturated rings. The highest BCUT2D eigenvalue weighted by molar-refractivity contribution is 9.10. The number of halogens is 3. The molecular weight excluding hydrogens is 399 g/mol. The molecule has 1 atom stereocenters. The standard InChI is InChI=1S/C17H13BrClFN2O2/c18-11-2-1-3-13(7-11)22-9-10(6-16(22)23)17(24)21-15-8-12(19)4-5-14(15)20/h1-5,7-8,10H,6,9H2,(H,21,24). The SMILES string of the molecule is O=C(Nc1cc(Cl)ccc1F)C1CC(=O)N(c2cccc(Br)c2)C1. The Labute approximate surface area is 151 Å². The summed E-state index contributed by atoms with van der Waals surface area (Å²) in [6.07, 6.45) is 0.0839. The van der Waals surface area contributed by atoms with E-state index in [1.54, 1.807) is 11.0 Å². The predicted molar refractivity (Wildman–Crippen MR) is 94.6 cm³/mol. The fraction of sp³-hybridized carbons (Fsp3) is 0.176. The molecule has 2 aromatic carbocycles. The molecular formula is C17H13BrClFN2O2. The van der Waals surface area contributed by atoms with Gasteiger partial charge in [0, 0.05) is 28.1 Å². The van der Waals surface area contributed by atoms with Crippen molar-refractivity contribution in [2.45, 2.75) is 6.42 Å². The van der Waals surface area contributed by atoms with Crippen LogP contribution in [0, 0.1) is 11.7 Å². The van der Waals surface area contributed by atoms with E-state index in [0.29, 0.717) is 5.02 Å². The minimum Gasteiger partial charge on any atom is -0.323 e. The summed E-state index contributed by atoms with van der Waals surface area (Å²) < 4.78 is 14.6. The number of carbonyl (C=O) groups excluding carboxylic acids is 2. The first-order valence-electron chi connectivity index (χ1n) is 7.26. The molecule has 1 saturated heterocycles. The van der Waals surface area contributed by atoms with Crippen LogP contribution in [-0.2, 0) is 9.59 Å². The fourth-order valence-corrected chi connectivity index (χ4v) is 3.16. The second-order valence-corrected chi connectivity index (χ2v) is 6.85. The van der Waals surface area contributed by atoms with Gasteiger partial charge in [-0.05, 0) is 36.4 Å². The van der Waals surface area contributed by atoms with Gasteiger partial charge in [-0.1, -0.05) is 33.6 Å². The molecule has 1 heterocycles. The topological polar surface area (TPSA) is 49.4 Å². The van der Waals surface area contributed by atoms with Crippen LogP contribution in [0.15, 0.2) is 46.9 Å². The number of hydrogen-bond acceptors (Lipinski definition) is 2. The summed E-state index contributed by atoms with van der Waals surface area (Å²) >= 11 is 9.18. The summed E-state index contributed by atoms with van der Waals surface area (Å²) in [5.74, 6) is -1.65. The molecule has 1 aliphatic heterocycles. The molecule has 1 aliphatic rings. The van der Waals surface area contributed by atoms with Gasteiger partial charge in [0.1, 0.15) is 5.82 Å². The van der Waals surface area contributed by atoms with Crippen LogP contribution >= 0.6 is 27.5 Å². The number of anilines is 2. The van der Waals surface area contributed by atoms with Crippen molar-refractivity contribution in [1.29, 1.82) is 0 Å². The first-order chi connectivity index (χ1) is 11.4. The number of benzene rings is 2. The molecule has 0 aromatic heterocycles. The third kappa shape index (κ3) is 3.60. The van der Waals surface area contributed by atoms with Gasteiger partial charge in [-0.3, -0.25) is 9.59 Å². The number of nitrogens with zero attached hydrogens (tertiary/aromatic N) is 1. The van der Waals surface area contributed by atoms with Crippen molar-refractivity contribution in [1.82, 2.24) is 0 Å². The molecule has 0 saturated carbocycles. The number of hydrogen-bond donors (Lipinski definition) is 1. The van der Waals surface area contributed by atoms with Gasteiger partial charge in [0.15, 0.2) is 0 Å². The maximum Gasteiger partial charge on any atom is 0.229 e. The Bertz CT molecular complexity index is 815. The smallest absolute Gasteiger partial charge is 0.229 e. The van der Waals surface area contributed by atoms with Crippen molar-refractivity contribution in [2.24, 2.45) is 5.92 Å². The maximum atomic E-state index is 13.7. The Hall–Kier alpha value is -1.92. The summed E-state index contributed by atoms with van der Waals surface area (Å²) in [7, 11) is 0. The molecule has 2 amide bonds. The summed E-state index contributed by atoms with van der Waals surface area (Å²) in [6, 6.07) is 11.2. The molecule has 3 rings (SSSR count). The lowest BCUT2D eigenvalue weighted by Gasteiger charge is -2.17. The van der Waals surface area contributed by atoms with Crippen molar-refractivity contribution in [2.75, 3.05) is 16.8 Å². The first kappa shape index (κ1) is 16.9. The van der Waals surface area contributed by atoms with E-state index >= 15 is 0 Å². The highest BCUT2D eigenvalue weighted by Gasteiger charge is 2.35. The molecule has 24 heavy (non-hydrogen) atoms. The second kappa shape index (κ2) is 6.91. The van der Waals surface area contributed by atoms with E-state index in [2.05, 4.69) is 21.2 Å². The summed E-state index contributed by atoms with van der Waals surface area (Å²) in [5.41, 5.74) is 0.736. The van der Waals surface area contributed by atoms with Crippen LogP contribution in [0.1, 0.15) is 6.42 Å². The van der Waals surface area contributed by atoms with Gasteiger partial charge in [0.05, 0.1) is 11.6 Å². The lowest BCUT2D eigenvalue weighted by atomic mass is 10.1. The van der Waals surface area contributed by atoms with Crippen LogP contribution in [0.2, 0.25) is 5.02 Å². The summed E-state index contributed by atoms with van der Waals surface area (Å²) in [4.78, 5) is 26.1. The summed E-state index contributed by atoms with van der Waals surface area (Å²) in [5, 5.41) is 2.83. The van der Waals surface area contributed by atoms with E-state index in [0.717, 1.165) is 10.2 Å². The average Bonchev–Trinajstić information content (AvgIpc) is 2.93. The molecule has 0 aliphatic carbocycles. The van der Waals surface area contributed by atoms with E-state index in [1.807, 2.05) is 18.2 Å². The minimum absolute atomic E-state index is 0.0147. The van der Waals surface area contributed by atoms with Crippen LogP contribution in [0.25, 0.3) is 0 Å². The van der Waals surface area contributed by atoms with E-state index in [1.165, 1.54) is 18.2 Å². The Kier molecular flexibility index (Phi) is 4.87. The van der Waals surface area contributed by atoms with E-state index in [-0.39, 0.29) is 24.6 Å². The van der Waals surface area contributed by atoms with E-state index in [9.17, 15) is 14.0 Å². The fourth-order valence-electron chi connectivity index (χ4n) is 2.60. The second-order valence-electron chi connectivity index (χ2n) is 5.50. The largest absolute Gasteiger partial charge is 0.323 e. The van der Waals surface area contributed by atoms with Gasteiger partial charge in [0.2, 0.25) is 11.8 Å². The predicted octanol–water partition coefficient (Wildman–Crippen LogP) is 4.23. The molecule has 4 nitrogen and oxygen atoms in total. The zero-order valence-corrected chi connectivity index (χ0v) is 14.8. The number of amides is 2. The Morgan fingerprint density at radius 3 is 2.83 bits per heavy atom. The minimum atomic E-state index is -0.569. The van der Waals surface area contributed by atoms with Crippen LogP contribution < -0.4 is 10.2 Å². The van der Waals surface area contributed by atoms with Crippen LogP contribution in [0.4, 0.5) is 15.8 Å². The van der Waals surface area contributed by atoms with Gasteiger partial charge in [-0.15, -0.1) is 0 Å². The third-order valence-electron chi connectivity index (χ3n) is 3.80. The lowest BCUT2D eigenvalue weighted by molar-refractivity contribution is -0.122. The molecule has 0 spiro atoms. The maximum absolute atomic E-state index is 13.7. The molecule has 1 unspecified atom stereocenters. The average molecular weight is 412 g/mol. The molecule has 1 N–H and O–H groups in total. The molecule has 0 bridgehead atoms. The Balaban J connectivity index is 1.73. The number of rotatable bonds is 3.